The third kappa shape index (κ3) is 5.61. The van der Waals surface area contributed by atoms with E-state index in [1.165, 1.54) is 28.6 Å². The van der Waals surface area contributed by atoms with Crippen molar-refractivity contribution < 1.29 is 17.6 Å². The van der Waals surface area contributed by atoms with Gasteiger partial charge < -0.3 is 4.42 Å². The van der Waals surface area contributed by atoms with Gasteiger partial charge in [0.1, 0.15) is 0 Å². The molecular weight excluding hydrogens is 368 g/mol. The standard InChI is InChI=1S/C18H26N4O4S/c1-12(2)10-22(11-13(3)4)27(24,25)16-8-6-15(7-9-16)17(23)19-18-21-20-14(5)26-18/h6-9,12-13H,10-11H2,1-5H3,(H,19,21,23). The Bertz CT molecular complexity index is 863. The molecule has 0 bridgehead atoms. The molecule has 0 aliphatic carbocycles. The second-order valence-corrected chi connectivity index (χ2v) is 9.15. The summed E-state index contributed by atoms with van der Waals surface area (Å²) < 4.78 is 32.5. The van der Waals surface area contributed by atoms with Gasteiger partial charge in [-0.25, -0.2) is 8.42 Å². The molecule has 0 spiro atoms. The summed E-state index contributed by atoms with van der Waals surface area (Å²) in [5.41, 5.74) is 0.295. The van der Waals surface area contributed by atoms with Gasteiger partial charge in [-0.15, -0.1) is 5.10 Å². The van der Waals surface area contributed by atoms with E-state index in [2.05, 4.69) is 15.5 Å². The average Bonchev–Trinajstić information content (AvgIpc) is 2.98. The van der Waals surface area contributed by atoms with Crippen molar-refractivity contribution in [3.8, 4) is 0 Å². The summed E-state index contributed by atoms with van der Waals surface area (Å²) in [5, 5.41) is 9.80. The average molecular weight is 394 g/mol. The predicted molar refractivity (Wildman–Crippen MR) is 102 cm³/mol. The van der Waals surface area contributed by atoms with Crippen molar-refractivity contribution in [2.75, 3.05) is 18.4 Å². The largest absolute Gasteiger partial charge is 0.408 e. The number of aromatic nitrogens is 2. The fraction of sp³-hybridized carbons (Fsp3) is 0.500. The third-order valence-corrected chi connectivity index (χ3v) is 5.48. The van der Waals surface area contributed by atoms with Crippen molar-refractivity contribution in [1.82, 2.24) is 14.5 Å². The minimum atomic E-state index is -3.63. The number of amides is 1. The highest BCUT2D eigenvalue weighted by Crippen LogP contribution is 2.20. The lowest BCUT2D eigenvalue weighted by Crippen LogP contribution is -2.37. The van der Waals surface area contributed by atoms with Gasteiger partial charge in [-0.3, -0.25) is 10.1 Å². The van der Waals surface area contributed by atoms with Crippen molar-refractivity contribution in [1.29, 1.82) is 0 Å². The first-order valence-corrected chi connectivity index (χ1v) is 10.2. The summed E-state index contributed by atoms with van der Waals surface area (Å²) in [4.78, 5) is 12.4. The Morgan fingerprint density at radius 1 is 1.07 bits per heavy atom. The molecule has 0 aliphatic heterocycles. The molecule has 1 heterocycles. The first-order chi connectivity index (χ1) is 12.6. The van der Waals surface area contributed by atoms with E-state index in [1.54, 1.807) is 6.92 Å². The van der Waals surface area contributed by atoms with Crippen molar-refractivity contribution in [3.05, 3.63) is 35.7 Å². The van der Waals surface area contributed by atoms with Crippen molar-refractivity contribution in [2.24, 2.45) is 11.8 Å². The zero-order valence-electron chi connectivity index (χ0n) is 16.3. The maximum absolute atomic E-state index is 13.0. The zero-order valence-corrected chi connectivity index (χ0v) is 17.1. The molecule has 0 aliphatic rings. The van der Waals surface area contributed by atoms with Crippen LogP contribution in [0.1, 0.15) is 43.9 Å². The summed E-state index contributed by atoms with van der Waals surface area (Å²) in [6.45, 7) is 10.4. The molecule has 27 heavy (non-hydrogen) atoms. The molecule has 1 N–H and O–H groups in total. The molecule has 8 nitrogen and oxygen atoms in total. The van der Waals surface area contributed by atoms with Crippen LogP contribution in [0.4, 0.5) is 6.01 Å². The number of carbonyl (C=O) groups is 1. The number of rotatable bonds is 8. The lowest BCUT2D eigenvalue weighted by Gasteiger charge is -2.25. The van der Waals surface area contributed by atoms with E-state index < -0.39 is 15.9 Å². The molecule has 0 saturated heterocycles. The molecule has 2 aromatic rings. The second kappa shape index (κ2) is 8.62. The lowest BCUT2D eigenvalue weighted by atomic mass is 10.2. The summed E-state index contributed by atoms with van der Waals surface area (Å²) in [5.74, 6) is 0.300. The van der Waals surface area contributed by atoms with E-state index in [0.29, 0.717) is 24.5 Å². The number of sulfonamides is 1. The fourth-order valence-corrected chi connectivity index (χ4v) is 4.30. The minimum Gasteiger partial charge on any atom is -0.408 e. The van der Waals surface area contributed by atoms with E-state index in [1.807, 2.05) is 27.7 Å². The van der Waals surface area contributed by atoms with Gasteiger partial charge in [0.2, 0.25) is 15.9 Å². The van der Waals surface area contributed by atoms with Gasteiger partial charge >= 0.3 is 6.01 Å². The smallest absolute Gasteiger partial charge is 0.322 e. The number of anilines is 1. The number of hydrogen-bond acceptors (Lipinski definition) is 6. The highest BCUT2D eigenvalue weighted by Gasteiger charge is 2.26. The van der Waals surface area contributed by atoms with Gasteiger partial charge in [0, 0.05) is 25.6 Å². The van der Waals surface area contributed by atoms with Gasteiger partial charge in [-0.05, 0) is 36.1 Å². The topological polar surface area (TPSA) is 105 Å². The monoisotopic (exact) mass is 394 g/mol. The number of carbonyl (C=O) groups excluding carboxylic acids is 1. The van der Waals surface area contributed by atoms with E-state index >= 15 is 0 Å². The molecule has 0 unspecified atom stereocenters. The molecule has 9 heteroatoms. The van der Waals surface area contributed by atoms with E-state index in [9.17, 15) is 13.2 Å². The Morgan fingerprint density at radius 3 is 2.07 bits per heavy atom. The van der Waals surface area contributed by atoms with Crippen LogP contribution in [0.3, 0.4) is 0 Å². The lowest BCUT2D eigenvalue weighted by molar-refractivity contribution is 0.102. The van der Waals surface area contributed by atoms with Gasteiger partial charge in [0.15, 0.2) is 0 Å². The van der Waals surface area contributed by atoms with Crippen LogP contribution < -0.4 is 5.32 Å². The number of hydrogen-bond donors (Lipinski definition) is 1. The molecule has 0 saturated carbocycles. The van der Waals surface area contributed by atoms with Crippen LogP contribution >= 0.6 is 0 Å². The summed E-state index contributed by atoms with van der Waals surface area (Å²) >= 11 is 0. The summed E-state index contributed by atoms with van der Waals surface area (Å²) in [7, 11) is -3.63. The molecule has 1 amide bonds. The highest BCUT2D eigenvalue weighted by atomic mass is 32.2. The van der Waals surface area contributed by atoms with Crippen molar-refractivity contribution in [2.45, 2.75) is 39.5 Å². The second-order valence-electron chi connectivity index (χ2n) is 7.21. The van der Waals surface area contributed by atoms with Gasteiger partial charge in [0.25, 0.3) is 5.91 Å². The van der Waals surface area contributed by atoms with Gasteiger partial charge in [-0.1, -0.05) is 32.8 Å². The summed E-state index contributed by atoms with van der Waals surface area (Å²) in [6, 6.07) is 5.81. The maximum Gasteiger partial charge on any atom is 0.322 e. The van der Waals surface area contributed by atoms with E-state index in [-0.39, 0.29) is 22.7 Å². The number of aryl methyl sites for hydroxylation is 1. The third-order valence-electron chi connectivity index (χ3n) is 3.64. The Balaban J connectivity index is 2.19. The Labute approximate surface area is 160 Å². The molecule has 0 radical (unpaired) electrons. The normalized spacial score (nSPS) is 12.1. The quantitative estimate of drug-likeness (QED) is 0.738. The van der Waals surface area contributed by atoms with Crippen LogP contribution in [0.25, 0.3) is 0 Å². The highest BCUT2D eigenvalue weighted by molar-refractivity contribution is 7.89. The van der Waals surface area contributed by atoms with Crippen molar-refractivity contribution in [3.63, 3.8) is 0 Å². The van der Waals surface area contributed by atoms with E-state index in [0.717, 1.165) is 0 Å². The molecule has 1 aromatic heterocycles. The molecule has 0 fully saturated rings. The number of nitrogens with one attached hydrogen (secondary N) is 1. The first kappa shape index (κ1) is 21.0. The fourth-order valence-electron chi connectivity index (χ4n) is 2.53. The van der Waals surface area contributed by atoms with Crippen LogP contribution in [0.15, 0.2) is 33.6 Å². The first-order valence-electron chi connectivity index (χ1n) is 8.81. The summed E-state index contributed by atoms with van der Waals surface area (Å²) in [6.07, 6.45) is 0. The maximum atomic E-state index is 13.0. The predicted octanol–water partition coefficient (Wildman–Crippen LogP) is 2.93. The van der Waals surface area contributed by atoms with Crippen LogP contribution in [0, 0.1) is 18.8 Å². The zero-order chi connectivity index (χ0) is 20.2. The van der Waals surface area contributed by atoms with Crippen molar-refractivity contribution >= 4 is 21.9 Å². The van der Waals surface area contributed by atoms with Crippen LogP contribution in [0.5, 0.6) is 0 Å². The SMILES string of the molecule is Cc1nnc(NC(=O)c2ccc(S(=O)(=O)N(CC(C)C)CC(C)C)cc2)o1. The molecule has 1 aromatic carbocycles. The molecule has 148 valence electrons. The molecular formula is C18H26N4O4S. The van der Waals surface area contributed by atoms with Gasteiger partial charge in [0.05, 0.1) is 4.90 Å². The molecule has 2 rings (SSSR count). The number of nitrogens with zero attached hydrogens (tertiary/aromatic N) is 3. The Hall–Kier alpha value is -2.26. The Kier molecular flexibility index (Phi) is 6.72. The van der Waals surface area contributed by atoms with Gasteiger partial charge in [-0.2, -0.15) is 4.31 Å². The van der Waals surface area contributed by atoms with Crippen LogP contribution in [-0.2, 0) is 10.0 Å². The molecule has 0 atom stereocenters. The Morgan fingerprint density at radius 2 is 1.63 bits per heavy atom. The minimum absolute atomic E-state index is 0.00533. The number of benzene rings is 1. The van der Waals surface area contributed by atoms with Crippen LogP contribution in [0.2, 0.25) is 0 Å². The van der Waals surface area contributed by atoms with Crippen LogP contribution in [-0.4, -0.2) is 41.9 Å². The van der Waals surface area contributed by atoms with E-state index in [4.69, 9.17) is 4.42 Å².